The summed E-state index contributed by atoms with van der Waals surface area (Å²) in [7, 11) is 2.99. The molecule has 1 saturated carbocycles. The van der Waals surface area contributed by atoms with E-state index in [9.17, 15) is 9.59 Å². The number of carbonyl (C=O) groups excluding carboxylic acids is 2. The van der Waals surface area contributed by atoms with Gasteiger partial charge in [0.2, 0.25) is 0 Å². The molecule has 2 aliphatic rings. The summed E-state index contributed by atoms with van der Waals surface area (Å²) >= 11 is 0. The summed E-state index contributed by atoms with van der Waals surface area (Å²) in [6, 6.07) is 9.32. The molecule has 7 heteroatoms. The summed E-state index contributed by atoms with van der Waals surface area (Å²) in [4.78, 5) is 32.2. The molecule has 1 saturated heterocycles. The van der Waals surface area contributed by atoms with Gasteiger partial charge in [0.25, 0.3) is 5.91 Å². The fourth-order valence-corrected chi connectivity index (χ4v) is 3.88. The second-order valence-corrected chi connectivity index (χ2v) is 8.69. The number of rotatable bonds is 6. The Hall–Kier alpha value is -2.12. The van der Waals surface area contributed by atoms with E-state index in [1.165, 1.54) is 12.2 Å². The molecule has 1 aromatic rings. The Morgan fingerprint density at radius 2 is 1.89 bits per heavy atom. The fourth-order valence-electron chi connectivity index (χ4n) is 3.88. The highest BCUT2D eigenvalue weighted by Crippen LogP contribution is 2.60. The van der Waals surface area contributed by atoms with Crippen LogP contribution in [0.3, 0.4) is 0 Å². The lowest BCUT2D eigenvalue weighted by atomic mass is 10.00. The Morgan fingerprint density at radius 3 is 2.50 bits per heavy atom. The van der Waals surface area contributed by atoms with Gasteiger partial charge in [0.15, 0.2) is 0 Å². The van der Waals surface area contributed by atoms with Crippen LogP contribution in [0.4, 0.5) is 4.79 Å². The number of hydrogen-bond acceptors (Lipinski definition) is 5. The van der Waals surface area contributed by atoms with Crippen molar-refractivity contribution in [1.82, 2.24) is 9.96 Å². The lowest BCUT2D eigenvalue weighted by Crippen LogP contribution is -2.49. The van der Waals surface area contributed by atoms with E-state index in [2.05, 4.69) is 0 Å². The molecule has 2 fully saturated rings. The van der Waals surface area contributed by atoms with Gasteiger partial charge < -0.3 is 9.47 Å². The fraction of sp³-hybridized carbons (Fsp3) is 0.619. The van der Waals surface area contributed by atoms with E-state index in [1.807, 2.05) is 51.1 Å². The molecule has 0 N–H and O–H groups in total. The number of amides is 2. The monoisotopic (exact) mass is 390 g/mol. The largest absolute Gasteiger partial charge is 0.444 e. The predicted molar refractivity (Wildman–Crippen MR) is 103 cm³/mol. The average Bonchev–Trinajstić information content (AvgIpc) is 3.23. The number of hydroxylamine groups is 2. The zero-order chi connectivity index (χ0) is 20.5. The van der Waals surface area contributed by atoms with Gasteiger partial charge in [-0.25, -0.2) is 9.86 Å². The van der Waals surface area contributed by atoms with Crippen LogP contribution in [0.15, 0.2) is 30.3 Å². The summed E-state index contributed by atoms with van der Waals surface area (Å²) in [5.74, 6) is -0.247. The van der Waals surface area contributed by atoms with Crippen molar-refractivity contribution in [2.24, 2.45) is 5.41 Å². The minimum atomic E-state index is -0.623. The number of fused-ring (bicyclic) bond motifs is 1. The second-order valence-electron chi connectivity index (χ2n) is 8.69. The average molecular weight is 390 g/mol. The van der Waals surface area contributed by atoms with Gasteiger partial charge in [-0.05, 0) is 39.2 Å². The topological polar surface area (TPSA) is 68.3 Å². The first-order valence-electron chi connectivity index (χ1n) is 9.61. The van der Waals surface area contributed by atoms with Crippen molar-refractivity contribution in [3.63, 3.8) is 0 Å². The van der Waals surface area contributed by atoms with Gasteiger partial charge in [-0.3, -0.25) is 14.5 Å². The van der Waals surface area contributed by atoms with Gasteiger partial charge in [-0.15, -0.1) is 0 Å². The molecule has 0 spiro atoms. The third-order valence-electron chi connectivity index (χ3n) is 5.39. The Labute approximate surface area is 166 Å². The summed E-state index contributed by atoms with van der Waals surface area (Å²) in [6.07, 6.45) is 0.919. The lowest BCUT2D eigenvalue weighted by Gasteiger charge is -2.31. The summed E-state index contributed by atoms with van der Waals surface area (Å²) in [5.41, 5.74) is 0.285. The molecular weight excluding hydrogens is 360 g/mol. The van der Waals surface area contributed by atoms with Gasteiger partial charge in [0, 0.05) is 18.5 Å². The van der Waals surface area contributed by atoms with E-state index in [0.717, 1.165) is 12.0 Å². The third kappa shape index (κ3) is 4.31. The van der Waals surface area contributed by atoms with E-state index >= 15 is 0 Å². The van der Waals surface area contributed by atoms with E-state index in [0.29, 0.717) is 19.6 Å². The molecule has 1 aliphatic carbocycles. The molecule has 3 rings (SSSR count). The Bertz CT molecular complexity index is 717. The molecule has 0 radical (unpaired) electrons. The van der Waals surface area contributed by atoms with Crippen LogP contribution in [0.1, 0.15) is 39.2 Å². The van der Waals surface area contributed by atoms with Gasteiger partial charge in [-0.1, -0.05) is 30.3 Å². The molecule has 0 aromatic heterocycles. The van der Waals surface area contributed by atoms with Gasteiger partial charge in [-0.2, -0.15) is 0 Å². The van der Waals surface area contributed by atoms with Crippen LogP contribution in [0.25, 0.3) is 0 Å². The van der Waals surface area contributed by atoms with Crippen molar-refractivity contribution in [2.45, 2.75) is 57.9 Å². The number of carbonyl (C=O) groups is 2. The van der Waals surface area contributed by atoms with Crippen molar-refractivity contribution < 1.29 is 23.9 Å². The number of benzene rings is 1. The first-order valence-corrected chi connectivity index (χ1v) is 9.61. The first-order chi connectivity index (χ1) is 13.2. The number of nitrogens with zero attached hydrogens (tertiary/aromatic N) is 2. The molecule has 0 bridgehead atoms. The maximum absolute atomic E-state index is 12.8. The number of hydrogen-bond donors (Lipinski definition) is 0. The van der Waals surface area contributed by atoms with Gasteiger partial charge in [0.1, 0.15) is 11.6 Å². The molecule has 28 heavy (non-hydrogen) atoms. The third-order valence-corrected chi connectivity index (χ3v) is 5.39. The van der Waals surface area contributed by atoms with Crippen LogP contribution in [0, 0.1) is 5.41 Å². The first kappa shape index (κ1) is 20.6. The normalized spacial score (nSPS) is 26.0. The standard InChI is InChI=1S/C21H30N2O5/c1-20(2,3)28-19(25)23-16(18(24)22(4)26-5)11-21(12-17(21)23)14-27-13-15-9-7-6-8-10-15/h6-10,16-17H,11-14H2,1-5H3/t16-,17+,21-/m0/s1. The van der Waals surface area contributed by atoms with Crippen molar-refractivity contribution >= 4 is 12.0 Å². The SMILES string of the molecule is CON(C)C(=O)[C@@H]1C[C@@]2(COCc3ccccc3)C[C@H]2N1C(=O)OC(C)(C)C. The second kappa shape index (κ2) is 7.72. The van der Waals surface area contributed by atoms with Gasteiger partial charge in [0.05, 0.1) is 20.3 Å². The van der Waals surface area contributed by atoms with Crippen LogP contribution in [-0.4, -0.2) is 60.4 Å². The van der Waals surface area contributed by atoms with E-state index < -0.39 is 17.7 Å². The molecular formula is C21H30N2O5. The number of ether oxygens (including phenoxy) is 2. The molecule has 7 nitrogen and oxygen atoms in total. The predicted octanol–water partition coefficient (Wildman–Crippen LogP) is 2.99. The van der Waals surface area contributed by atoms with Crippen molar-refractivity contribution in [1.29, 1.82) is 0 Å². The van der Waals surface area contributed by atoms with Gasteiger partial charge >= 0.3 is 6.09 Å². The molecule has 1 aromatic carbocycles. The summed E-state index contributed by atoms with van der Waals surface area (Å²) in [5, 5.41) is 1.17. The smallest absolute Gasteiger partial charge is 0.411 e. The summed E-state index contributed by atoms with van der Waals surface area (Å²) < 4.78 is 11.5. The Morgan fingerprint density at radius 1 is 1.21 bits per heavy atom. The highest BCUT2D eigenvalue weighted by molar-refractivity contribution is 5.86. The highest BCUT2D eigenvalue weighted by atomic mass is 16.7. The maximum atomic E-state index is 12.8. The lowest BCUT2D eigenvalue weighted by molar-refractivity contribution is -0.174. The molecule has 1 aliphatic heterocycles. The Kier molecular flexibility index (Phi) is 5.68. The van der Waals surface area contributed by atoms with Crippen molar-refractivity contribution in [2.75, 3.05) is 20.8 Å². The van der Waals surface area contributed by atoms with Crippen LogP contribution in [-0.2, 0) is 25.7 Å². The molecule has 1 heterocycles. The minimum Gasteiger partial charge on any atom is -0.444 e. The van der Waals surface area contributed by atoms with Crippen LogP contribution >= 0.6 is 0 Å². The number of likely N-dealkylation sites (tertiary alicyclic amines) is 1. The maximum Gasteiger partial charge on any atom is 0.411 e. The molecule has 3 atom stereocenters. The molecule has 154 valence electrons. The van der Waals surface area contributed by atoms with E-state index in [1.54, 1.807) is 11.9 Å². The van der Waals surface area contributed by atoms with E-state index in [-0.39, 0.29) is 17.4 Å². The van der Waals surface area contributed by atoms with Crippen LogP contribution < -0.4 is 0 Å². The zero-order valence-corrected chi connectivity index (χ0v) is 17.3. The summed E-state index contributed by atoms with van der Waals surface area (Å²) in [6.45, 7) is 6.48. The number of likely N-dealkylation sites (N-methyl/N-ethyl adjacent to an activating group) is 1. The highest BCUT2D eigenvalue weighted by Gasteiger charge is 2.68. The quantitative estimate of drug-likeness (QED) is 0.699. The van der Waals surface area contributed by atoms with Crippen molar-refractivity contribution in [3.05, 3.63) is 35.9 Å². The minimum absolute atomic E-state index is 0.0441. The Balaban J connectivity index is 1.69. The van der Waals surface area contributed by atoms with Crippen molar-refractivity contribution in [3.8, 4) is 0 Å². The zero-order valence-electron chi connectivity index (χ0n) is 17.3. The molecule has 0 unspecified atom stereocenters. The molecule has 2 amide bonds. The number of piperidine rings is 1. The van der Waals surface area contributed by atoms with Crippen LogP contribution in [0.5, 0.6) is 0 Å². The van der Waals surface area contributed by atoms with E-state index in [4.69, 9.17) is 14.3 Å². The van der Waals surface area contributed by atoms with Crippen LogP contribution in [0.2, 0.25) is 0 Å².